The van der Waals surface area contributed by atoms with Crippen LogP contribution in [-0.4, -0.2) is 22.4 Å². The highest BCUT2D eigenvalue weighted by Gasteiger charge is 2.17. The second kappa shape index (κ2) is 6.39. The predicted molar refractivity (Wildman–Crippen MR) is 73.6 cm³/mol. The Balaban J connectivity index is 2.61. The number of aliphatic hydroxyl groups excluding tert-OH is 1. The number of hydrogen-bond acceptors (Lipinski definition) is 4. The van der Waals surface area contributed by atoms with E-state index in [-0.39, 0.29) is 11.7 Å². The van der Waals surface area contributed by atoms with Crippen molar-refractivity contribution in [2.75, 3.05) is 5.75 Å². The molecule has 0 aromatic heterocycles. The van der Waals surface area contributed by atoms with E-state index in [0.29, 0.717) is 10.5 Å². The van der Waals surface area contributed by atoms with E-state index >= 15 is 0 Å². The summed E-state index contributed by atoms with van der Waals surface area (Å²) in [6.45, 7) is 6.93. The molecule has 0 saturated heterocycles. The number of hydrogen-bond donors (Lipinski definition) is 1. The SMILES string of the molecule is C[C@H](O)c1ccc(SCC(=O)OC(C)(C)C)c(F)c1. The molecule has 1 aromatic carbocycles. The molecule has 0 aliphatic heterocycles. The third-order valence-corrected chi connectivity index (χ3v) is 3.23. The second-order valence-electron chi connectivity index (χ2n) is 5.24. The van der Waals surface area contributed by atoms with Gasteiger partial charge < -0.3 is 9.84 Å². The molecule has 19 heavy (non-hydrogen) atoms. The van der Waals surface area contributed by atoms with Crippen molar-refractivity contribution in [3.8, 4) is 0 Å². The third-order valence-electron chi connectivity index (χ3n) is 2.20. The summed E-state index contributed by atoms with van der Waals surface area (Å²) in [6.07, 6.45) is -0.709. The molecule has 1 N–H and O–H groups in total. The van der Waals surface area contributed by atoms with Crippen molar-refractivity contribution in [2.45, 2.75) is 44.3 Å². The lowest BCUT2D eigenvalue weighted by molar-refractivity contribution is -0.151. The Morgan fingerprint density at radius 1 is 1.47 bits per heavy atom. The van der Waals surface area contributed by atoms with Crippen molar-refractivity contribution < 1.29 is 19.0 Å². The first-order chi connectivity index (χ1) is 8.69. The zero-order valence-corrected chi connectivity index (χ0v) is 12.4. The summed E-state index contributed by atoms with van der Waals surface area (Å²) in [7, 11) is 0. The van der Waals surface area contributed by atoms with Gasteiger partial charge >= 0.3 is 5.97 Å². The van der Waals surface area contributed by atoms with Crippen molar-refractivity contribution in [3.05, 3.63) is 29.6 Å². The number of esters is 1. The van der Waals surface area contributed by atoms with Crippen LogP contribution in [0.1, 0.15) is 39.4 Å². The summed E-state index contributed by atoms with van der Waals surface area (Å²) in [5.74, 6) is -0.758. The van der Waals surface area contributed by atoms with Crippen LogP contribution in [0, 0.1) is 5.82 Å². The fourth-order valence-corrected chi connectivity index (χ4v) is 2.10. The molecule has 0 aliphatic rings. The van der Waals surface area contributed by atoms with E-state index in [2.05, 4.69) is 0 Å². The molecule has 0 fully saturated rings. The Labute approximate surface area is 117 Å². The Morgan fingerprint density at radius 3 is 2.58 bits per heavy atom. The summed E-state index contributed by atoms with van der Waals surface area (Å²) >= 11 is 1.09. The summed E-state index contributed by atoms with van der Waals surface area (Å²) in [5, 5.41) is 9.34. The molecule has 0 spiro atoms. The first kappa shape index (κ1) is 16.0. The van der Waals surface area contributed by atoms with Crippen LogP contribution in [0.5, 0.6) is 0 Å². The molecule has 0 amide bonds. The molecule has 1 rings (SSSR count). The number of rotatable bonds is 4. The van der Waals surface area contributed by atoms with Crippen molar-refractivity contribution in [1.29, 1.82) is 0 Å². The van der Waals surface area contributed by atoms with E-state index in [1.54, 1.807) is 39.8 Å². The van der Waals surface area contributed by atoms with Gasteiger partial charge in [0.15, 0.2) is 0 Å². The van der Waals surface area contributed by atoms with Crippen LogP contribution in [0.2, 0.25) is 0 Å². The van der Waals surface area contributed by atoms with Crippen molar-refractivity contribution in [1.82, 2.24) is 0 Å². The molecular weight excluding hydrogens is 267 g/mol. The number of thioether (sulfide) groups is 1. The minimum absolute atomic E-state index is 0.0578. The summed E-state index contributed by atoms with van der Waals surface area (Å²) in [5.41, 5.74) is -0.0223. The van der Waals surface area contributed by atoms with Crippen LogP contribution in [0.3, 0.4) is 0 Å². The summed E-state index contributed by atoms with van der Waals surface area (Å²) < 4.78 is 18.9. The molecule has 1 aromatic rings. The van der Waals surface area contributed by atoms with Crippen LogP contribution in [-0.2, 0) is 9.53 Å². The third kappa shape index (κ3) is 5.61. The molecule has 3 nitrogen and oxygen atoms in total. The Morgan fingerprint density at radius 2 is 2.11 bits per heavy atom. The van der Waals surface area contributed by atoms with Gasteiger partial charge in [-0.15, -0.1) is 11.8 Å². The highest BCUT2D eigenvalue weighted by Crippen LogP contribution is 2.25. The van der Waals surface area contributed by atoms with Gasteiger partial charge in [0.25, 0.3) is 0 Å². The van der Waals surface area contributed by atoms with Crippen LogP contribution < -0.4 is 0 Å². The smallest absolute Gasteiger partial charge is 0.316 e. The molecule has 0 radical (unpaired) electrons. The standard InChI is InChI=1S/C14H19FO3S/c1-9(16)10-5-6-12(11(15)7-10)19-8-13(17)18-14(2,3)4/h5-7,9,16H,8H2,1-4H3/t9-/m0/s1. The van der Waals surface area contributed by atoms with E-state index in [1.807, 2.05) is 0 Å². The van der Waals surface area contributed by atoms with E-state index < -0.39 is 17.5 Å². The highest BCUT2D eigenvalue weighted by atomic mass is 32.2. The molecule has 0 unspecified atom stereocenters. The van der Waals surface area contributed by atoms with Crippen LogP contribution >= 0.6 is 11.8 Å². The first-order valence-corrected chi connectivity index (χ1v) is 7.00. The topological polar surface area (TPSA) is 46.5 Å². The number of ether oxygens (including phenoxy) is 1. The number of benzene rings is 1. The number of carbonyl (C=O) groups excluding carboxylic acids is 1. The lowest BCUT2D eigenvalue weighted by Gasteiger charge is -2.19. The van der Waals surface area contributed by atoms with Gasteiger partial charge in [0, 0.05) is 4.90 Å². The number of halogens is 1. The van der Waals surface area contributed by atoms with Gasteiger partial charge in [0.1, 0.15) is 11.4 Å². The van der Waals surface area contributed by atoms with Gasteiger partial charge in [-0.2, -0.15) is 0 Å². The molecule has 0 saturated carbocycles. The minimum Gasteiger partial charge on any atom is -0.459 e. The molecule has 0 heterocycles. The van der Waals surface area contributed by atoms with E-state index in [0.717, 1.165) is 11.8 Å². The summed E-state index contributed by atoms with van der Waals surface area (Å²) in [4.78, 5) is 11.9. The lowest BCUT2D eigenvalue weighted by Crippen LogP contribution is -2.24. The largest absolute Gasteiger partial charge is 0.459 e. The maximum atomic E-state index is 13.7. The molecular formula is C14H19FO3S. The van der Waals surface area contributed by atoms with Crippen molar-refractivity contribution in [3.63, 3.8) is 0 Å². The van der Waals surface area contributed by atoms with E-state index in [1.165, 1.54) is 6.07 Å². The second-order valence-corrected chi connectivity index (χ2v) is 6.26. The zero-order valence-electron chi connectivity index (χ0n) is 11.6. The van der Waals surface area contributed by atoms with Crippen LogP contribution in [0.4, 0.5) is 4.39 Å². The van der Waals surface area contributed by atoms with E-state index in [4.69, 9.17) is 4.74 Å². The summed E-state index contributed by atoms with van der Waals surface area (Å²) in [6, 6.07) is 4.49. The minimum atomic E-state index is -0.709. The maximum absolute atomic E-state index is 13.7. The number of carbonyl (C=O) groups is 1. The Hall–Kier alpha value is -1.07. The van der Waals surface area contributed by atoms with Gasteiger partial charge in [-0.1, -0.05) is 6.07 Å². The van der Waals surface area contributed by atoms with Crippen LogP contribution in [0.15, 0.2) is 23.1 Å². The van der Waals surface area contributed by atoms with Crippen LogP contribution in [0.25, 0.3) is 0 Å². The van der Waals surface area contributed by atoms with Gasteiger partial charge in [-0.3, -0.25) is 4.79 Å². The van der Waals surface area contributed by atoms with Gasteiger partial charge in [0.05, 0.1) is 11.9 Å². The molecule has 106 valence electrons. The molecule has 0 aliphatic carbocycles. The van der Waals surface area contributed by atoms with Gasteiger partial charge in [-0.25, -0.2) is 4.39 Å². The first-order valence-electron chi connectivity index (χ1n) is 6.01. The normalized spacial score (nSPS) is 13.2. The maximum Gasteiger partial charge on any atom is 0.316 e. The molecule has 0 bridgehead atoms. The lowest BCUT2D eigenvalue weighted by atomic mass is 10.1. The zero-order chi connectivity index (χ0) is 14.6. The fourth-order valence-electron chi connectivity index (χ4n) is 1.40. The Kier molecular flexibility index (Phi) is 5.38. The monoisotopic (exact) mass is 286 g/mol. The Bertz CT molecular complexity index is 452. The van der Waals surface area contributed by atoms with Gasteiger partial charge in [0.2, 0.25) is 0 Å². The predicted octanol–water partition coefficient (Wildman–Crippen LogP) is 3.31. The highest BCUT2D eigenvalue weighted by molar-refractivity contribution is 8.00. The fraction of sp³-hybridized carbons (Fsp3) is 0.500. The van der Waals surface area contributed by atoms with Crippen molar-refractivity contribution >= 4 is 17.7 Å². The van der Waals surface area contributed by atoms with Gasteiger partial charge in [-0.05, 0) is 45.4 Å². The number of aliphatic hydroxyl groups is 1. The average molecular weight is 286 g/mol. The van der Waals surface area contributed by atoms with E-state index in [9.17, 15) is 14.3 Å². The quantitative estimate of drug-likeness (QED) is 0.681. The average Bonchev–Trinajstić information content (AvgIpc) is 2.24. The molecule has 1 atom stereocenters. The molecule has 5 heteroatoms. The van der Waals surface area contributed by atoms with Crippen molar-refractivity contribution in [2.24, 2.45) is 0 Å².